The largest absolute Gasteiger partial charge is 0.493 e. The monoisotopic (exact) mass is 333 g/mol. The number of aromatic nitrogens is 2. The summed E-state index contributed by atoms with van der Waals surface area (Å²) in [6.45, 7) is 1.80. The first-order chi connectivity index (χ1) is 11.5. The zero-order valence-corrected chi connectivity index (χ0v) is 13.9. The number of aryl methyl sites for hydroxylation is 1. The fourth-order valence-corrected chi connectivity index (χ4v) is 2.20. The van der Waals surface area contributed by atoms with Gasteiger partial charge in [0.2, 0.25) is 5.75 Å². The Morgan fingerprint density at radius 2 is 1.75 bits per heavy atom. The van der Waals surface area contributed by atoms with Gasteiger partial charge < -0.3 is 24.5 Å². The summed E-state index contributed by atoms with van der Waals surface area (Å²) in [5, 5.41) is 2.69. The van der Waals surface area contributed by atoms with Crippen LogP contribution >= 0.6 is 0 Å². The van der Waals surface area contributed by atoms with E-state index in [0.29, 0.717) is 34.3 Å². The smallest absolute Gasteiger partial charge is 0.251 e. The Labute approximate surface area is 138 Å². The van der Waals surface area contributed by atoms with Gasteiger partial charge in [-0.05, 0) is 19.1 Å². The average Bonchev–Trinajstić information content (AvgIpc) is 2.57. The van der Waals surface area contributed by atoms with Crippen molar-refractivity contribution in [2.45, 2.75) is 13.5 Å². The first-order valence-corrected chi connectivity index (χ1v) is 7.13. The van der Waals surface area contributed by atoms with Gasteiger partial charge in [-0.1, -0.05) is 0 Å². The van der Waals surface area contributed by atoms with Crippen LogP contribution in [0.5, 0.6) is 17.2 Å². The molecule has 0 aliphatic heterocycles. The van der Waals surface area contributed by atoms with Gasteiger partial charge >= 0.3 is 0 Å². The quantitative estimate of drug-likeness (QED) is 0.819. The lowest BCUT2D eigenvalue weighted by atomic mass is 10.1. The molecule has 0 fully saturated rings. The molecule has 2 aromatic rings. The Bertz CT molecular complexity index is 776. The highest BCUT2D eigenvalue weighted by Crippen LogP contribution is 2.38. The molecule has 0 spiro atoms. The number of rotatable bonds is 6. The van der Waals surface area contributed by atoms with E-state index in [1.54, 1.807) is 19.1 Å². The van der Waals surface area contributed by atoms with Crippen molar-refractivity contribution in [2.75, 3.05) is 21.3 Å². The lowest BCUT2D eigenvalue weighted by Gasteiger charge is -2.14. The molecule has 128 valence electrons. The molecule has 0 atom stereocenters. The van der Waals surface area contributed by atoms with Crippen molar-refractivity contribution in [1.82, 2.24) is 15.3 Å². The van der Waals surface area contributed by atoms with Gasteiger partial charge in [0.05, 0.1) is 27.9 Å². The number of nitrogens with one attached hydrogen (secondary N) is 2. The third-order valence-electron chi connectivity index (χ3n) is 3.26. The summed E-state index contributed by atoms with van der Waals surface area (Å²) in [6.07, 6.45) is 0. The Morgan fingerprint density at radius 1 is 1.12 bits per heavy atom. The van der Waals surface area contributed by atoms with Crippen molar-refractivity contribution in [3.63, 3.8) is 0 Å². The van der Waals surface area contributed by atoms with Crippen LogP contribution in [0.15, 0.2) is 23.0 Å². The van der Waals surface area contributed by atoms with E-state index < -0.39 is 0 Å². The van der Waals surface area contributed by atoms with Crippen LogP contribution in [-0.4, -0.2) is 37.2 Å². The molecule has 1 amide bonds. The standard InChI is InChI=1S/C16H19N3O5/c1-9-5-14(20)19-13(18-9)8-17-16(21)10-6-11(22-2)15(24-4)12(7-10)23-3/h5-7H,8H2,1-4H3,(H,17,21)(H,18,19,20). The van der Waals surface area contributed by atoms with Crippen LogP contribution in [0.4, 0.5) is 0 Å². The van der Waals surface area contributed by atoms with Crippen molar-refractivity contribution in [1.29, 1.82) is 0 Å². The molecule has 1 aromatic heterocycles. The Kier molecular flexibility index (Phi) is 5.41. The number of benzene rings is 1. The van der Waals surface area contributed by atoms with Crippen LogP contribution < -0.4 is 25.1 Å². The van der Waals surface area contributed by atoms with E-state index in [4.69, 9.17) is 14.2 Å². The summed E-state index contributed by atoms with van der Waals surface area (Å²) < 4.78 is 15.7. The number of hydrogen-bond acceptors (Lipinski definition) is 6. The first kappa shape index (κ1) is 17.3. The lowest BCUT2D eigenvalue weighted by Crippen LogP contribution is -2.25. The van der Waals surface area contributed by atoms with Crippen LogP contribution in [0.25, 0.3) is 0 Å². The van der Waals surface area contributed by atoms with E-state index in [2.05, 4.69) is 15.3 Å². The minimum Gasteiger partial charge on any atom is -0.493 e. The minimum atomic E-state index is -0.363. The molecule has 0 aliphatic carbocycles. The number of H-pyrrole nitrogens is 1. The summed E-state index contributed by atoms with van der Waals surface area (Å²) in [5.74, 6) is 1.17. The van der Waals surface area contributed by atoms with Gasteiger partial charge in [-0.2, -0.15) is 0 Å². The molecular weight excluding hydrogens is 314 g/mol. The highest BCUT2D eigenvalue weighted by molar-refractivity contribution is 5.95. The van der Waals surface area contributed by atoms with Crippen LogP contribution in [0.2, 0.25) is 0 Å². The Morgan fingerprint density at radius 3 is 2.25 bits per heavy atom. The molecule has 0 unspecified atom stereocenters. The number of nitrogens with zero attached hydrogens (tertiary/aromatic N) is 1. The molecule has 24 heavy (non-hydrogen) atoms. The van der Waals surface area contributed by atoms with Crippen molar-refractivity contribution in [3.05, 3.63) is 45.6 Å². The third-order valence-corrected chi connectivity index (χ3v) is 3.26. The van der Waals surface area contributed by atoms with Crippen LogP contribution in [0.3, 0.4) is 0 Å². The summed E-state index contributed by atoms with van der Waals surface area (Å²) >= 11 is 0. The average molecular weight is 333 g/mol. The van der Waals surface area contributed by atoms with E-state index in [1.807, 2.05) is 0 Å². The highest BCUT2D eigenvalue weighted by atomic mass is 16.5. The van der Waals surface area contributed by atoms with Crippen molar-refractivity contribution >= 4 is 5.91 Å². The number of amides is 1. The zero-order chi connectivity index (χ0) is 17.7. The maximum absolute atomic E-state index is 12.3. The summed E-state index contributed by atoms with van der Waals surface area (Å²) in [7, 11) is 4.43. The molecule has 0 aliphatic rings. The molecule has 0 bridgehead atoms. The highest BCUT2D eigenvalue weighted by Gasteiger charge is 2.17. The second kappa shape index (κ2) is 7.49. The number of hydrogen-bond donors (Lipinski definition) is 2. The topological polar surface area (TPSA) is 103 Å². The fraction of sp³-hybridized carbons (Fsp3) is 0.312. The normalized spacial score (nSPS) is 10.2. The molecule has 1 aromatic carbocycles. The summed E-state index contributed by atoms with van der Waals surface area (Å²) in [5.41, 5.74) is 0.648. The number of carbonyl (C=O) groups excluding carboxylic acids is 1. The maximum Gasteiger partial charge on any atom is 0.251 e. The molecule has 8 nitrogen and oxygen atoms in total. The Hall–Kier alpha value is -3.03. The van der Waals surface area contributed by atoms with E-state index in [9.17, 15) is 9.59 Å². The second-order valence-electron chi connectivity index (χ2n) is 4.93. The molecule has 0 radical (unpaired) electrons. The number of methoxy groups -OCH3 is 3. The van der Waals surface area contributed by atoms with Gasteiger partial charge in [0, 0.05) is 17.3 Å². The fourth-order valence-electron chi connectivity index (χ4n) is 2.20. The molecule has 0 saturated heterocycles. The van der Waals surface area contributed by atoms with Gasteiger partial charge in [-0.25, -0.2) is 4.98 Å². The summed E-state index contributed by atoms with van der Waals surface area (Å²) in [4.78, 5) is 30.5. The predicted octanol–water partition coefficient (Wildman–Crippen LogP) is 1.03. The van der Waals surface area contributed by atoms with E-state index in [1.165, 1.54) is 27.4 Å². The van der Waals surface area contributed by atoms with Crippen LogP contribution in [0.1, 0.15) is 21.9 Å². The lowest BCUT2D eigenvalue weighted by molar-refractivity contribution is 0.0949. The SMILES string of the molecule is COc1cc(C(=O)NCc2nc(C)cc(=O)[nH]2)cc(OC)c1OC. The predicted molar refractivity (Wildman–Crippen MR) is 86.9 cm³/mol. The molecular formula is C16H19N3O5. The van der Waals surface area contributed by atoms with Gasteiger partial charge in [0.25, 0.3) is 11.5 Å². The number of carbonyl (C=O) groups is 1. The Balaban J connectivity index is 2.21. The van der Waals surface area contributed by atoms with E-state index >= 15 is 0 Å². The van der Waals surface area contributed by atoms with E-state index in [-0.39, 0.29) is 18.0 Å². The van der Waals surface area contributed by atoms with Gasteiger partial charge in [0.1, 0.15) is 5.82 Å². The van der Waals surface area contributed by atoms with Gasteiger partial charge in [-0.3, -0.25) is 9.59 Å². The van der Waals surface area contributed by atoms with Crippen LogP contribution in [-0.2, 0) is 6.54 Å². The summed E-state index contributed by atoms with van der Waals surface area (Å²) in [6, 6.07) is 4.47. The van der Waals surface area contributed by atoms with Gasteiger partial charge in [0.15, 0.2) is 11.5 Å². The van der Waals surface area contributed by atoms with E-state index in [0.717, 1.165) is 0 Å². The maximum atomic E-state index is 12.3. The first-order valence-electron chi connectivity index (χ1n) is 7.13. The second-order valence-corrected chi connectivity index (χ2v) is 4.93. The molecule has 2 rings (SSSR count). The van der Waals surface area contributed by atoms with Crippen molar-refractivity contribution in [3.8, 4) is 17.2 Å². The molecule has 1 heterocycles. The molecule has 2 N–H and O–H groups in total. The third kappa shape index (κ3) is 3.83. The minimum absolute atomic E-state index is 0.0897. The molecule has 0 saturated carbocycles. The molecule has 8 heteroatoms. The van der Waals surface area contributed by atoms with Gasteiger partial charge in [-0.15, -0.1) is 0 Å². The number of aromatic amines is 1. The zero-order valence-electron chi connectivity index (χ0n) is 13.9. The van der Waals surface area contributed by atoms with Crippen LogP contribution in [0, 0.1) is 6.92 Å². The number of ether oxygens (including phenoxy) is 3. The van der Waals surface area contributed by atoms with Crippen molar-refractivity contribution < 1.29 is 19.0 Å². The van der Waals surface area contributed by atoms with Crippen molar-refractivity contribution in [2.24, 2.45) is 0 Å².